The number of sulfonamides is 1. The van der Waals surface area contributed by atoms with Crippen LogP contribution in [0.2, 0.25) is 0 Å². The fraction of sp³-hybridized carbons (Fsp3) is 0.538. The van der Waals surface area contributed by atoms with Crippen molar-refractivity contribution >= 4 is 26.0 Å². The van der Waals surface area contributed by atoms with Gasteiger partial charge in [-0.25, -0.2) is 17.5 Å². The van der Waals surface area contributed by atoms with E-state index in [4.69, 9.17) is 0 Å². The molecule has 1 N–H and O–H groups in total. The molecule has 1 aromatic carbocycles. The smallest absolute Gasteiger partial charge is 0.208 e. The van der Waals surface area contributed by atoms with Crippen LogP contribution in [-0.4, -0.2) is 19.8 Å². The Bertz CT molecular complexity index is 531. The van der Waals surface area contributed by atoms with Gasteiger partial charge in [0, 0.05) is 11.4 Å². The van der Waals surface area contributed by atoms with E-state index in [0.717, 1.165) is 6.07 Å². The average molecular weight is 352 g/mol. The van der Waals surface area contributed by atoms with Crippen molar-refractivity contribution in [1.29, 1.82) is 0 Å². The summed E-state index contributed by atoms with van der Waals surface area (Å²) in [4.78, 5) is 0.00715. The number of alkyl halides is 1. The van der Waals surface area contributed by atoms with Crippen LogP contribution in [0, 0.1) is 18.7 Å². The van der Waals surface area contributed by atoms with Gasteiger partial charge in [0.2, 0.25) is 10.0 Å². The van der Waals surface area contributed by atoms with Gasteiger partial charge in [0.1, 0.15) is 5.82 Å². The third-order valence-electron chi connectivity index (χ3n) is 2.97. The van der Waals surface area contributed by atoms with E-state index in [1.54, 1.807) is 6.92 Å². The minimum absolute atomic E-state index is 0.00715. The summed E-state index contributed by atoms with van der Waals surface area (Å²) < 4.78 is 40.5. The Morgan fingerprint density at radius 1 is 1.37 bits per heavy atom. The minimum atomic E-state index is -3.69. The molecule has 0 radical (unpaired) electrons. The first-order valence-corrected chi connectivity index (χ1v) is 8.73. The molecule has 0 aromatic heterocycles. The Kier molecular flexibility index (Phi) is 5.95. The molecule has 108 valence electrons. The maximum Gasteiger partial charge on any atom is 0.241 e. The summed E-state index contributed by atoms with van der Waals surface area (Å²) in [7, 11) is -3.69. The van der Waals surface area contributed by atoms with Crippen LogP contribution in [0.5, 0.6) is 0 Å². The first kappa shape index (κ1) is 16.6. The number of nitrogens with one attached hydrogen (secondary N) is 1. The van der Waals surface area contributed by atoms with Gasteiger partial charge in [0.05, 0.1) is 4.90 Å². The Morgan fingerprint density at radius 2 is 2.00 bits per heavy atom. The highest BCUT2D eigenvalue weighted by Crippen LogP contribution is 2.19. The fourth-order valence-electron chi connectivity index (χ4n) is 1.77. The SMILES string of the molecule is Cc1ccc(F)cc1S(=O)(=O)NC(CCBr)C(C)C. The van der Waals surface area contributed by atoms with Crippen molar-refractivity contribution in [3.05, 3.63) is 29.6 Å². The van der Waals surface area contributed by atoms with E-state index in [0.29, 0.717) is 17.3 Å². The molecule has 0 fully saturated rings. The van der Waals surface area contributed by atoms with E-state index in [9.17, 15) is 12.8 Å². The van der Waals surface area contributed by atoms with Crippen LogP contribution in [0.15, 0.2) is 23.1 Å². The molecule has 6 heteroatoms. The molecular weight excluding hydrogens is 333 g/mol. The largest absolute Gasteiger partial charge is 0.241 e. The van der Waals surface area contributed by atoms with Crippen molar-refractivity contribution in [1.82, 2.24) is 4.72 Å². The van der Waals surface area contributed by atoms with Crippen LogP contribution in [-0.2, 0) is 10.0 Å². The molecule has 0 saturated heterocycles. The molecule has 0 spiro atoms. The van der Waals surface area contributed by atoms with E-state index in [-0.39, 0.29) is 16.9 Å². The van der Waals surface area contributed by atoms with Crippen molar-refractivity contribution < 1.29 is 12.8 Å². The first-order chi connectivity index (χ1) is 8.77. The summed E-state index contributed by atoms with van der Waals surface area (Å²) in [6.07, 6.45) is 0.686. The monoisotopic (exact) mass is 351 g/mol. The number of aryl methyl sites for hydroxylation is 1. The highest BCUT2D eigenvalue weighted by Gasteiger charge is 2.23. The van der Waals surface area contributed by atoms with Crippen LogP contribution in [0.25, 0.3) is 0 Å². The van der Waals surface area contributed by atoms with Gasteiger partial charge in [-0.05, 0) is 37.0 Å². The minimum Gasteiger partial charge on any atom is -0.208 e. The van der Waals surface area contributed by atoms with Gasteiger partial charge in [-0.2, -0.15) is 0 Å². The molecule has 0 amide bonds. The number of halogens is 2. The van der Waals surface area contributed by atoms with Crippen LogP contribution in [0.3, 0.4) is 0 Å². The lowest BCUT2D eigenvalue weighted by molar-refractivity contribution is 0.440. The number of benzene rings is 1. The Labute approximate surface area is 122 Å². The summed E-state index contributed by atoms with van der Waals surface area (Å²) in [6.45, 7) is 5.56. The van der Waals surface area contributed by atoms with Crippen molar-refractivity contribution in [2.45, 2.75) is 38.1 Å². The van der Waals surface area contributed by atoms with E-state index in [2.05, 4.69) is 20.7 Å². The highest BCUT2D eigenvalue weighted by atomic mass is 79.9. The van der Waals surface area contributed by atoms with Crippen LogP contribution in [0.4, 0.5) is 4.39 Å². The second-order valence-corrected chi connectivity index (χ2v) is 7.33. The number of hydrogen-bond acceptors (Lipinski definition) is 2. The Morgan fingerprint density at radius 3 is 2.53 bits per heavy atom. The van der Waals surface area contributed by atoms with Gasteiger partial charge >= 0.3 is 0 Å². The molecule has 0 aliphatic carbocycles. The molecule has 0 saturated carbocycles. The van der Waals surface area contributed by atoms with Gasteiger partial charge < -0.3 is 0 Å². The zero-order valence-corrected chi connectivity index (χ0v) is 13.7. The summed E-state index contributed by atoms with van der Waals surface area (Å²) in [6, 6.07) is 3.61. The summed E-state index contributed by atoms with van der Waals surface area (Å²) in [5.41, 5.74) is 0.537. The third kappa shape index (κ3) is 4.54. The van der Waals surface area contributed by atoms with E-state index < -0.39 is 15.8 Å². The van der Waals surface area contributed by atoms with Crippen molar-refractivity contribution in [2.75, 3.05) is 5.33 Å². The zero-order valence-electron chi connectivity index (χ0n) is 11.3. The lowest BCUT2D eigenvalue weighted by atomic mass is 10.0. The Balaban J connectivity index is 3.06. The molecule has 1 atom stereocenters. The average Bonchev–Trinajstić information content (AvgIpc) is 2.31. The zero-order chi connectivity index (χ0) is 14.6. The maximum atomic E-state index is 13.2. The molecule has 0 heterocycles. The van der Waals surface area contributed by atoms with Crippen LogP contribution in [0.1, 0.15) is 25.8 Å². The molecule has 0 aliphatic rings. The molecule has 1 unspecified atom stereocenters. The van der Waals surface area contributed by atoms with E-state index in [1.165, 1.54) is 12.1 Å². The van der Waals surface area contributed by atoms with Crippen molar-refractivity contribution in [3.8, 4) is 0 Å². The third-order valence-corrected chi connectivity index (χ3v) is 5.06. The van der Waals surface area contributed by atoms with Crippen molar-refractivity contribution in [3.63, 3.8) is 0 Å². The molecule has 0 bridgehead atoms. The molecule has 1 aromatic rings. The highest BCUT2D eigenvalue weighted by molar-refractivity contribution is 9.09. The quantitative estimate of drug-likeness (QED) is 0.799. The van der Waals surface area contributed by atoms with Crippen molar-refractivity contribution in [2.24, 2.45) is 5.92 Å². The number of hydrogen-bond donors (Lipinski definition) is 1. The van der Waals surface area contributed by atoms with Gasteiger partial charge in [0.15, 0.2) is 0 Å². The van der Waals surface area contributed by atoms with Gasteiger partial charge in [0.25, 0.3) is 0 Å². The molecule has 19 heavy (non-hydrogen) atoms. The van der Waals surface area contributed by atoms with Gasteiger partial charge in [-0.15, -0.1) is 0 Å². The predicted molar refractivity (Wildman–Crippen MR) is 78.5 cm³/mol. The summed E-state index contributed by atoms with van der Waals surface area (Å²) in [5.74, 6) is -0.381. The van der Waals surface area contributed by atoms with Gasteiger partial charge in [-0.1, -0.05) is 35.8 Å². The summed E-state index contributed by atoms with van der Waals surface area (Å²) >= 11 is 3.31. The Hall–Kier alpha value is -0.460. The van der Waals surface area contributed by atoms with Gasteiger partial charge in [-0.3, -0.25) is 0 Å². The number of rotatable bonds is 6. The van der Waals surface area contributed by atoms with E-state index >= 15 is 0 Å². The van der Waals surface area contributed by atoms with Crippen LogP contribution < -0.4 is 4.72 Å². The maximum absolute atomic E-state index is 13.2. The second-order valence-electron chi connectivity index (χ2n) is 4.86. The molecular formula is C13H19BrFNO2S. The molecule has 1 rings (SSSR count). The normalized spacial score (nSPS) is 13.8. The lowest BCUT2D eigenvalue weighted by Gasteiger charge is -2.22. The second kappa shape index (κ2) is 6.81. The topological polar surface area (TPSA) is 46.2 Å². The van der Waals surface area contributed by atoms with E-state index in [1.807, 2.05) is 13.8 Å². The lowest BCUT2D eigenvalue weighted by Crippen LogP contribution is -2.39. The standard InChI is InChI=1S/C13H19BrFNO2S/c1-9(2)12(6-7-14)16-19(17,18)13-8-11(15)5-4-10(13)3/h4-5,8-9,12,16H,6-7H2,1-3H3. The summed E-state index contributed by atoms with van der Waals surface area (Å²) in [5, 5.41) is 0.709. The molecule has 3 nitrogen and oxygen atoms in total. The predicted octanol–water partition coefficient (Wildman–Crippen LogP) is 3.22. The van der Waals surface area contributed by atoms with Crippen LogP contribution >= 0.6 is 15.9 Å². The fourth-order valence-corrected chi connectivity index (χ4v) is 3.94. The first-order valence-electron chi connectivity index (χ1n) is 6.12. The molecule has 0 aliphatic heterocycles.